The quantitative estimate of drug-likeness (QED) is 0.933. The first kappa shape index (κ1) is 16.4. The molecule has 1 saturated heterocycles. The first-order valence-corrected chi connectivity index (χ1v) is 8.51. The van der Waals surface area contributed by atoms with Gasteiger partial charge in [-0.3, -0.25) is 4.79 Å². The Labute approximate surface area is 143 Å². The molecule has 1 aromatic heterocycles. The molecule has 0 aliphatic carbocycles. The van der Waals surface area contributed by atoms with Gasteiger partial charge < -0.3 is 10.2 Å². The van der Waals surface area contributed by atoms with Crippen molar-refractivity contribution in [3.05, 3.63) is 46.9 Å². The summed E-state index contributed by atoms with van der Waals surface area (Å²) in [5, 5.41) is 3.31. The van der Waals surface area contributed by atoms with Crippen molar-refractivity contribution in [3.8, 4) is 0 Å². The number of carbonyl (C=O) groups is 1. The molecule has 1 aromatic carbocycles. The molecule has 1 N–H and O–H groups in total. The van der Waals surface area contributed by atoms with E-state index in [-0.39, 0.29) is 5.91 Å². The van der Waals surface area contributed by atoms with Crippen LogP contribution in [0, 0.1) is 20.8 Å². The Bertz CT molecular complexity index is 711. The highest BCUT2D eigenvalue weighted by atomic mass is 16.2. The van der Waals surface area contributed by atoms with Gasteiger partial charge in [-0.2, -0.15) is 0 Å². The van der Waals surface area contributed by atoms with E-state index in [1.54, 1.807) is 12.4 Å². The van der Waals surface area contributed by atoms with E-state index in [1.807, 2.05) is 4.90 Å². The highest BCUT2D eigenvalue weighted by molar-refractivity contribution is 5.92. The largest absolute Gasteiger partial charge is 0.339 e. The molecule has 1 aliphatic rings. The number of carbonyl (C=O) groups excluding carboxylic acids is 1. The predicted molar refractivity (Wildman–Crippen MR) is 95.7 cm³/mol. The smallest absolute Gasteiger partial charge is 0.274 e. The highest BCUT2D eigenvalue weighted by Gasteiger charge is 2.19. The summed E-state index contributed by atoms with van der Waals surface area (Å²) in [6, 6.07) is 4.27. The minimum atomic E-state index is -0.0172. The standard InChI is InChI=1S/C19H24N4O/c1-13-9-14(2)18(15(3)10-13)22-17-12-20-16(11-21-17)19(24)23-7-5-4-6-8-23/h9-12H,4-8H2,1-3H3,(H,21,22). The second-order valence-electron chi connectivity index (χ2n) is 6.54. The number of amides is 1. The molecule has 1 amide bonds. The molecule has 2 aromatic rings. The van der Waals surface area contributed by atoms with E-state index in [4.69, 9.17) is 0 Å². The summed E-state index contributed by atoms with van der Waals surface area (Å²) in [7, 11) is 0. The van der Waals surface area contributed by atoms with Crippen LogP contribution in [0.2, 0.25) is 0 Å². The second-order valence-corrected chi connectivity index (χ2v) is 6.54. The topological polar surface area (TPSA) is 58.1 Å². The lowest BCUT2D eigenvalue weighted by atomic mass is 10.1. The van der Waals surface area contributed by atoms with Crippen molar-refractivity contribution in [2.75, 3.05) is 18.4 Å². The first-order valence-electron chi connectivity index (χ1n) is 8.51. The summed E-state index contributed by atoms with van der Waals surface area (Å²) >= 11 is 0. The van der Waals surface area contributed by atoms with Gasteiger partial charge >= 0.3 is 0 Å². The Morgan fingerprint density at radius 3 is 2.25 bits per heavy atom. The summed E-state index contributed by atoms with van der Waals surface area (Å²) in [5.41, 5.74) is 5.04. The van der Waals surface area contributed by atoms with E-state index in [1.165, 1.54) is 23.1 Å². The average Bonchev–Trinajstić information content (AvgIpc) is 2.59. The van der Waals surface area contributed by atoms with Crippen LogP contribution >= 0.6 is 0 Å². The maximum atomic E-state index is 12.4. The summed E-state index contributed by atoms with van der Waals surface area (Å²) in [5.74, 6) is 0.636. The van der Waals surface area contributed by atoms with Gasteiger partial charge in [-0.1, -0.05) is 17.7 Å². The Kier molecular flexibility index (Phi) is 4.79. The zero-order valence-corrected chi connectivity index (χ0v) is 14.6. The Balaban J connectivity index is 1.74. The number of anilines is 2. The second kappa shape index (κ2) is 6.99. The van der Waals surface area contributed by atoms with E-state index in [0.29, 0.717) is 11.5 Å². The van der Waals surface area contributed by atoms with Gasteiger partial charge in [0.15, 0.2) is 0 Å². The molecular weight excluding hydrogens is 300 g/mol. The minimum Gasteiger partial charge on any atom is -0.339 e. The third-order valence-corrected chi connectivity index (χ3v) is 4.44. The summed E-state index contributed by atoms with van der Waals surface area (Å²) in [6.07, 6.45) is 6.55. The molecule has 1 aliphatic heterocycles. The van der Waals surface area contributed by atoms with E-state index in [0.717, 1.165) is 31.6 Å². The van der Waals surface area contributed by atoms with Crippen LogP contribution in [0.4, 0.5) is 11.5 Å². The highest BCUT2D eigenvalue weighted by Crippen LogP contribution is 2.24. The van der Waals surface area contributed by atoms with Crippen LogP contribution in [0.3, 0.4) is 0 Å². The Morgan fingerprint density at radius 1 is 1.00 bits per heavy atom. The number of hydrogen-bond acceptors (Lipinski definition) is 4. The lowest BCUT2D eigenvalue weighted by molar-refractivity contribution is 0.0718. The van der Waals surface area contributed by atoms with Gasteiger partial charge in [0.2, 0.25) is 0 Å². The fourth-order valence-corrected chi connectivity index (χ4v) is 3.27. The molecular formula is C19H24N4O. The summed E-state index contributed by atoms with van der Waals surface area (Å²) in [4.78, 5) is 23.0. The van der Waals surface area contributed by atoms with E-state index < -0.39 is 0 Å². The summed E-state index contributed by atoms with van der Waals surface area (Å²) in [6.45, 7) is 7.88. The molecule has 0 spiro atoms. The maximum Gasteiger partial charge on any atom is 0.274 e. The van der Waals surface area contributed by atoms with Crippen molar-refractivity contribution >= 4 is 17.4 Å². The van der Waals surface area contributed by atoms with Crippen molar-refractivity contribution in [2.45, 2.75) is 40.0 Å². The van der Waals surface area contributed by atoms with E-state index >= 15 is 0 Å². The zero-order chi connectivity index (χ0) is 17.1. The normalized spacial score (nSPS) is 14.5. The molecule has 3 rings (SSSR count). The van der Waals surface area contributed by atoms with Crippen molar-refractivity contribution in [2.24, 2.45) is 0 Å². The third kappa shape index (κ3) is 3.55. The number of hydrogen-bond donors (Lipinski definition) is 1. The number of nitrogens with zero attached hydrogens (tertiary/aromatic N) is 3. The fourth-order valence-electron chi connectivity index (χ4n) is 3.27. The molecule has 2 heterocycles. The number of rotatable bonds is 3. The van der Waals surface area contributed by atoms with Crippen molar-refractivity contribution < 1.29 is 4.79 Å². The third-order valence-electron chi connectivity index (χ3n) is 4.44. The molecule has 0 saturated carbocycles. The lowest BCUT2D eigenvalue weighted by Crippen LogP contribution is -2.36. The van der Waals surface area contributed by atoms with E-state index in [9.17, 15) is 4.79 Å². The maximum absolute atomic E-state index is 12.4. The molecule has 0 unspecified atom stereocenters. The molecule has 5 nitrogen and oxygen atoms in total. The molecule has 5 heteroatoms. The molecule has 1 fully saturated rings. The van der Waals surface area contributed by atoms with Gasteiger partial charge in [-0.05, 0) is 51.2 Å². The van der Waals surface area contributed by atoms with Gasteiger partial charge in [0.25, 0.3) is 5.91 Å². The number of aryl methyl sites for hydroxylation is 3. The predicted octanol–water partition coefficient (Wildman–Crippen LogP) is 3.77. The van der Waals surface area contributed by atoms with Gasteiger partial charge in [0, 0.05) is 18.8 Å². The van der Waals surface area contributed by atoms with Crippen molar-refractivity contribution in [1.29, 1.82) is 0 Å². The Morgan fingerprint density at radius 2 is 1.67 bits per heavy atom. The summed E-state index contributed by atoms with van der Waals surface area (Å²) < 4.78 is 0. The average molecular weight is 324 g/mol. The van der Waals surface area contributed by atoms with Gasteiger partial charge in [-0.15, -0.1) is 0 Å². The number of aromatic nitrogens is 2. The van der Waals surface area contributed by atoms with Gasteiger partial charge in [-0.25, -0.2) is 9.97 Å². The van der Waals surface area contributed by atoms with E-state index in [2.05, 4.69) is 48.2 Å². The molecule has 24 heavy (non-hydrogen) atoms. The molecule has 0 radical (unpaired) electrons. The minimum absolute atomic E-state index is 0.0172. The Hall–Kier alpha value is -2.43. The zero-order valence-electron chi connectivity index (χ0n) is 14.6. The number of benzene rings is 1. The van der Waals surface area contributed by atoms with Crippen LogP contribution in [-0.2, 0) is 0 Å². The van der Waals surface area contributed by atoms with Crippen LogP contribution in [0.25, 0.3) is 0 Å². The number of likely N-dealkylation sites (tertiary alicyclic amines) is 1. The SMILES string of the molecule is Cc1cc(C)c(Nc2cnc(C(=O)N3CCCCC3)cn2)c(C)c1. The van der Waals surface area contributed by atoms with Crippen LogP contribution in [0.1, 0.15) is 46.4 Å². The van der Waals surface area contributed by atoms with Crippen molar-refractivity contribution in [3.63, 3.8) is 0 Å². The van der Waals surface area contributed by atoms with Crippen molar-refractivity contribution in [1.82, 2.24) is 14.9 Å². The van der Waals surface area contributed by atoms with Crippen LogP contribution in [0.5, 0.6) is 0 Å². The molecule has 126 valence electrons. The van der Waals surface area contributed by atoms with Crippen LogP contribution in [-0.4, -0.2) is 33.9 Å². The lowest BCUT2D eigenvalue weighted by Gasteiger charge is -2.26. The number of piperidine rings is 1. The molecule has 0 atom stereocenters. The fraction of sp³-hybridized carbons (Fsp3) is 0.421. The number of nitrogens with one attached hydrogen (secondary N) is 1. The van der Waals surface area contributed by atoms with Crippen LogP contribution in [0.15, 0.2) is 24.5 Å². The first-order chi connectivity index (χ1) is 11.5. The van der Waals surface area contributed by atoms with Gasteiger partial charge in [0.1, 0.15) is 11.5 Å². The monoisotopic (exact) mass is 324 g/mol. The van der Waals surface area contributed by atoms with Crippen LogP contribution < -0.4 is 5.32 Å². The molecule has 0 bridgehead atoms. The van der Waals surface area contributed by atoms with Gasteiger partial charge in [0.05, 0.1) is 12.4 Å².